The molecule has 33 heavy (non-hydrogen) atoms. The number of rotatable bonds is 12. The lowest BCUT2D eigenvalue weighted by Crippen LogP contribution is -2.28. The van der Waals surface area contributed by atoms with Crippen LogP contribution in [0.5, 0.6) is 11.5 Å². The van der Waals surface area contributed by atoms with Gasteiger partial charge in [0.2, 0.25) is 11.8 Å². The van der Waals surface area contributed by atoms with E-state index in [4.69, 9.17) is 13.9 Å². The van der Waals surface area contributed by atoms with Crippen LogP contribution < -0.4 is 14.8 Å². The van der Waals surface area contributed by atoms with Gasteiger partial charge in [-0.1, -0.05) is 25.5 Å². The van der Waals surface area contributed by atoms with Gasteiger partial charge in [0.1, 0.15) is 17.3 Å². The fourth-order valence-corrected chi connectivity index (χ4v) is 4.04. The third-order valence-corrected chi connectivity index (χ3v) is 6.17. The van der Waals surface area contributed by atoms with Crippen molar-refractivity contribution in [3.63, 3.8) is 0 Å². The predicted octanol–water partition coefficient (Wildman–Crippen LogP) is 5.95. The Hall–Kier alpha value is -2.93. The van der Waals surface area contributed by atoms with Crippen LogP contribution in [0.1, 0.15) is 49.7 Å². The number of benzene rings is 2. The minimum absolute atomic E-state index is 0.00713. The smallest absolute Gasteiger partial charge is 0.230 e. The van der Waals surface area contributed by atoms with Gasteiger partial charge in [-0.25, -0.2) is 4.98 Å². The Kier molecular flexibility index (Phi) is 9.24. The summed E-state index contributed by atoms with van der Waals surface area (Å²) in [4.78, 5) is 17.0. The van der Waals surface area contributed by atoms with Gasteiger partial charge in [-0.2, -0.15) is 0 Å². The summed E-state index contributed by atoms with van der Waals surface area (Å²) in [5.74, 6) is 3.94. The summed E-state index contributed by atoms with van der Waals surface area (Å²) in [5, 5.41) is 3.05. The molecule has 3 aromatic rings. The molecule has 0 fully saturated rings. The van der Waals surface area contributed by atoms with Crippen LogP contribution in [-0.2, 0) is 10.5 Å². The van der Waals surface area contributed by atoms with E-state index >= 15 is 0 Å². The van der Waals surface area contributed by atoms with Crippen LogP contribution in [0.4, 0.5) is 0 Å². The van der Waals surface area contributed by atoms with Crippen molar-refractivity contribution in [3.8, 4) is 23.0 Å². The molecule has 0 saturated carbocycles. The SMILES string of the molecule is CCCCOc1ccc(C(C)NC(=O)CSCc2nc(-c3ccc(OC)cc3)oc2C)cc1. The van der Waals surface area contributed by atoms with E-state index in [-0.39, 0.29) is 11.9 Å². The quantitative estimate of drug-likeness (QED) is 0.331. The number of aromatic nitrogens is 1. The Bertz CT molecular complexity index is 1020. The summed E-state index contributed by atoms with van der Waals surface area (Å²) in [6.45, 7) is 6.75. The van der Waals surface area contributed by atoms with E-state index in [0.29, 0.717) is 17.4 Å². The highest BCUT2D eigenvalue weighted by atomic mass is 32.2. The molecule has 1 heterocycles. The van der Waals surface area contributed by atoms with Gasteiger partial charge in [0.15, 0.2) is 0 Å². The van der Waals surface area contributed by atoms with Gasteiger partial charge in [-0.15, -0.1) is 11.8 Å². The number of hydrogen-bond acceptors (Lipinski definition) is 6. The van der Waals surface area contributed by atoms with Gasteiger partial charge in [-0.05, 0) is 62.2 Å². The number of oxazole rings is 1. The van der Waals surface area contributed by atoms with Crippen molar-refractivity contribution in [2.24, 2.45) is 0 Å². The maximum Gasteiger partial charge on any atom is 0.230 e. The second kappa shape index (κ2) is 12.3. The van der Waals surface area contributed by atoms with Crippen LogP contribution in [-0.4, -0.2) is 30.4 Å². The molecule has 0 bridgehead atoms. The van der Waals surface area contributed by atoms with E-state index in [1.54, 1.807) is 7.11 Å². The molecule has 0 radical (unpaired) electrons. The summed E-state index contributed by atoms with van der Waals surface area (Å²) in [7, 11) is 1.64. The van der Waals surface area contributed by atoms with Gasteiger partial charge < -0.3 is 19.2 Å². The number of amides is 1. The maximum absolute atomic E-state index is 12.4. The van der Waals surface area contributed by atoms with E-state index in [1.807, 2.05) is 62.4 Å². The average Bonchev–Trinajstić information content (AvgIpc) is 3.20. The Morgan fingerprint density at radius 1 is 1.12 bits per heavy atom. The third-order valence-electron chi connectivity index (χ3n) is 5.23. The molecular formula is C26H32N2O4S. The number of thioether (sulfide) groups is 1. The summed E-state index contributed by atoms with van der Waals surface area (Å²) in [6.07, 6.45) is 2.15. The van der Waals surface area contributed by atoms with E-state index in [1.165, 1.54) is 11.8 Å². The summed E-state index contributed by atoms with van der Waals surface area (Å²) >= 11 is 1.52. The average molecular weight is 469 g/mol. The topological polar surface area (TPSA) is 73.6 Å². The van der Waals surface area contributed by atoms with Gasteiger partial charge in [0.25, 0.3) is 0 Å². The van der Waals surface area contributed by atoms with Crippen molar-refractivity contribution < 1.29 is 18.7 Å². The molecule has 0 aliphatic heterocycles. The highest BCUT2D eigenvalue weighted by Crippen LogP contribution is 2.26. The molecular weight excluding hydrogens is 436 g/mol. The first-order valence-corrected chi connectivity index (χ1v) is 12.4. The van der Waals surface area contributed by atoms with Crippen LogP contribution in [0.2, 0.25) is 0 Å². The molecule has 1 N–H and O–H groups in total. The van der Waals surface area contributed by atoms with Crippen LogP contribution in [0.25, 0.3) is 11.5 Å². The number of carbonyl (C=O) groups excluding carboxylic acids is 1. The largest absolute Gasteiger partial charge is 0.497 e. The zero-order valence-corrected chi connectivity index (χ0v) is 20.5. The molecule has 0 saturated heterocycles. The minimum Gasteiger partial charge on any atom is -0.497 e. The zero-order chi connectivity index (χ0) is 23.6. The van der Waals surface area contributed by atoms with E-state index in [9.17, 15) is 4.79 Å². The second-order valence-electron chi connectivity index (χ2n) is 7.80. The molecule has 1 atom stereocenters. The molecule has 1 amide bonds. The molecule has 1 aromatic heterocycles. The fourth-order valence-electron chi connectivity index (χ4n) is 3.21. The maximum atomic E-state index is 12.4. The van der Waals surface area contributed by atoms with Crippen LogP contribution in [0, 0.1) is 6.92 Å². The fraction of sp³-hybridized carbons (Fsp3) is 0.385. The molecule has 0 spiro atoms. The normalized spacial score (nSPS) is 11.8. The first-order valence-electron chi connectivity index (χ1n) is 11.2. The Morgan fingerprint density at radius 2 is 1.82 bits per heavy atom. The van der Waals surface area contributed by atoms with Crippen molar-refractivity contribution in [2.45, 2.75) is 45.4 Å². The molecule has 0 aliphatic carbocycles. The molecule has 176 valence electrons. The third kappa shape index (κ3) is 7.29. The molecule has 6 nitrogen and oxygen atoms in total. The van der Waals surface area contributed by atoms with Gasteiger partial charge in [0.05, 0.1) is 31.2 Å². The highest BCUT2D eigenvalue weighted by Gasteiger charge is 2.14. The Morgan fingerprint density at radius 3 is 2.48 bits per heavy atom. The standard InChI is InChI=1S/C26H32N2O4S/c1-5-6-15-31-23-13-7-20(8-14-23)18(2)27-25(29)17-33-16-24-19(3)32-26(28-24)21-9-11-22(30-4)12-10-21/h7-14,18H,5-6,15-17H2,1-4H3,(H,27,29). The summed E-state index contributed by atoms with van der Waals surface area (Å²) in [6, 6.07) is 15.4. The number of hydrogen-bond donors (Lipinski definition) is 1. The highest BCUT2D eigenvalue weighted by molar-refractivity contribution is 7.99. The second-order valence-corrected chi connectivity index (χ2v) is 8.79. The van der Waals surface area contributed by atoms with Gasteiger partial charge in [0, 0.05) is 11.3 Å². The van der Waals surface area contributed by atoms with Crippen molar-refractivity contribution in [3.05, 3.63) is 65.5 Å². The lowest BCUT2D eigenvalue weighted by Gasteiger charge is -2.15. The van der Waals surface area contributed by atoms with Crippen molar-refractivity contribution in [1.29, 1.82) is 0 Å². The zero-order valence-electron chi connectivity index (χ0n) is 19.7. The number of unbranched alkanes of at least 4 members (excludes halogenated alkanes) is 1. The van der Waals surface area contributed by atoms with Crippen LogP contribution >= 0.6 is 11.8 Å². The Labute approximate surface area is 200 Å². The van der Waals surface area contributed by atoms with Crippen molar-refractivity contribution >= 4 is 17.7 Å². The molecule has 2 aromatic carbocycles. The first-order chi connectivity index (χ1) is 16.0. The van der Waals surface area contributed by atoms with Gasteiger partial charge in [-0.3, -0.25) is 4.79 Å². The summed E-state index contributed by atoms with van der Waals surface area (Å²) in [5.41, 5.74) is 2.79. The molecule has 7 heteroatoms. The van der Waals surface area contributed by atoms with Crippen molar-refractivity contribution in [2.75, 3.05) is 19.5 Å². The minimum atomic E-state index is -0.0711. The number of aryl methyl sites for hydroxylation is 1. The molecule has 0 aliphatic rings. The van der Waals surface area contributed by atoms with E-state index in [2.05, 4.69) is 17.2 Å². The number of carbonyl (C=O) groups is 1. The van der Waals surface area contributed by atoms with E-state index < -0.39 is 0 Å². The number of nitrogens with one attached hydrogen (secondary N) is 1. The van der Waals surface area contributed by atoms with Crippen LogP contribution in [0.3, 0.4) is 0 Å². The Balaban J connectivity index is 1.45. The lowest BCUT2D eigenvalue weighted by molar-refractivity contribution is -0.119. The molecule has 3 rings (SSSR count). The van der Waals surface area contributed by atoms with Crippen molar-refractivity contribution in [1.82, 2.24) is 10.3 Å². The first kappa shape index (κ1) is 24.7. The summed E-state index contributed by atoms with van der Waals surface area (Å²) < 4.78 is 16.7. The van der Waals surface area contributed by atoms with E-state index in [0.717, 1.165) is 53.5 Å². The number of ether oxygens (including phenoxy) is 2. The van der Waals surface area contributed by atoms with Crippen LogP contribution in [0.15, 0.2) is 52.9 Å². The number of methoxy groups -OCH3 is 1. The lowest BCUT2D eigenvalue weighted by atomic mass is 10.1. The number of nitrogens with zero attached hydrogens (tertiary/aromatic N) is 1. The van der Waals surface area contributed by atoms with Gasteiger partial charge >= 0.3 is 0 Å². The monoisotopic (exact) mass is 468 g/mol. The predicted molar refractivity (Wildman–Crippen MR) is 133 cm³/mol. The molecule has 1 unspecified atom stereocenters.